The van der Waals surface area contributed by atoms with Crippen LogP contribution in [0.2, 0.25) is 5.02 Å². The third kappa shape index (κ3) is 4.40. The number of hydrogen-bond acceptors (Lipinski definition) is 6. The first-order chi connectivity index (χ1) is 13.7. The van der Waals surface area contributed by atoms with Crippen LogP contribution in [0.5, 0.6) is 11.5 Å². The van der Waals surface area contributed by atoms with Crippen LogP contribution < -0.4 is 14.8 Å². The summed E-state index contributed by atoms with van der Waals surface area (Å²) in [5, 5.41) is 12.1. The maximum atomic E-state index is 12.4. The molecule has 0 radical (unpaired) electrons. The van der Waals surface area contributed by atoms with E-state index in [1.165, 1.54) is 11.8 Å². The number of nitrogens with zero attached hydrogens (tertiary/aromatic N) is 3. The van der Waals surface area contributed by atoms with Crippen LogP contribution in [0.3, 0.4) is 0 Å². The fraction of sp³-hybridized carbons (Fsp3) is 0.211. The SMILES string of the molecule is O=C(CSc1nncn1-c1cccc(Cl)c1)Nc1ccc2c(c1)OCCCO2. The van der Waals surface area contributed by atoms with Crippen molar-refractivity contribution in [3.8, 4) is 17.2 Å². The number of carbonyl (C=O) groups is 1. The number of benzene rings is 2. The first-order valence-corrected chi connectivity index (χ1v) is 10.0. The summed E-state index contributed by atoms with van der Waals surface area (Å²) in [4.78, 5) is 12.4. The van der Waals surface area contributed by atoms with Crippen LogP contribution in [0.15, 0.2) is 53.9 Å². The maximum absolute atomic E-state index is 12.4. The number of nitrogens with one attached hydrogen (secondary N) is 1. The Labute approximate surface area is 171 Å². The standard InChI is InChI=1S/C19H17ClN4O3S/c20-13-3-1-4-15(9-13)24-12-21-23-19(24)28-11-18(25)22-14-5-6-16-17(10-14)27-8-2-7-26-16/h1,3-6,9-10,12H,2,7-8,11H2,(H,22,25). The van der Waals surface area contributed by atoms with Gasteiger partial charge >= 0.3 is 0 Å². The lowest BCUT2D eigenvalue weighted by Gasteiger charge is -2.10. The van der Waals surface area contributed by atoms with Crippen molar-refractivity contribution < 1.29 is 14.3 Å². The van der Waals surface area contributed by atoms with E-state index in [1.54, 1.807) is 35.2 Å². The van der Waals surface area contributed by atoms with Crippen molar-refractivity contribution in [3.05, 3.63) is 53.8 Å². The maximum Gasteiger partial charge on any atom is 0.234 e. The van der Waals surface area contributed by atoms with Gasteiger partial charge in [0.1, 0.15) is 6.33 Å². The summed E-state index contributed by atoms with van der Waals surface area (Å²) in [5.41, 5.74) is 1.49. The molecule has 1 aliphatic rings. The monoisotopic (exact) mass is 416 g/mol. The summed E-state index contributed by atoms with van der Waals surface area (Å²) < 4.78 is 13.0. The van der Waals surface area contributed by atoms with Crippen molar-refractivity contribution in [3.63, 3.8) is 0 Å². The molecule has 0 atom stereocenters. The van der Waals surface area contributed by atoms with Crippen molar-refractivity contribution in [1.82, 2.24) is 14.8 Å². The largest absolute Gasteiger partial charge is 0.490 e. The molecule has 0 saturated carbocycles. The Bertz CT molecular complexity index is 995. The molecule has 0 spiro atoms. The summed E-state index contributed by atoms with van der Waals surface area (Å²) in [6, 6.07) is 12.7. The van der Waals surface area contributed by atoms with Crippen LogP contribution in [-0.4, -0.2) is 39.6 Å². The van der Waals surface area contributed by atoms with Gasteiger partial charge in [-0.25, -0.2) is 0 Å². The van der Waals surface area contributed by atoms with Gasteiger partial charge in [0.05, 0.1) is 24.7 Å². The van der Waals surface area contributed by atoms with Crippen molar-refractivity contribution in [2.75, 3.05) is 24.3 Å². The van der Waals surface area contributed by atoms with Gasteiger partial charge < -0.3 is 14.8 Å². The zero-order valence-corrected chi connectivity index (χ0v) is 16.4. The van der Waals surface area contributed by atoms with Crippen LogP contribution in [-0.2, 0) is 4.79 Å². The lowest BCUT2D eigenvalue weighted by Crippen LogP contribution is -2.14. The third-order valence-corrected chi connectivity index (χ3v) is 5.14. The number of anilines is 1. The number of amides is 1. The number of aromatic nitrogens is 3. The van der Waals surface area contributed by atoms with Gasteiger partial charge in [0.25, 0.3) is 0 Å². The molecule has 0 unspecified atom stereocenters. The number of fused-ring (bicyclic) bond motifs is 1. The molecule has 1 aliphatic heterocycles. The number of rotatable bonds is 5. The first-order valence-electron chi connectivity index (χ1n) is 8.67. The average Bonchev–Trinajstić information content (AvgIpc) is 3.04. The number of ether oxygens (including phenoxy) is 2. The highest BCUT2D eigenvalue weighted by Gasteiger charge is 2.14. The molecule has 1 aromatic heterocycles. The van der Waals surface area contributed by atoms with E-state index in [4.69, 9.17) is 21.1 Å². The molecule has 2 aromatic carbocycles. The van der Waals surface area contributed by atoms with E-state index in [2.05, 4.69) is 15.5 Å². The molecule has 3 aromatic rings. The molecule has 0 saturated heterocycles. The van der Waals surface area contributed by atoms with Crippen LogP contribution in [0.4, 0.5) is 5.69 Å². The highest BCUT2D eigenvalue weighted by Crippen LogP contribution is 2.32. The summed E-state index contributed by atoms with van der Waals surface area (Å²) >= 11 is 7.34. The fourth-order valence-electron chi connectivity index (χ4n) is 2.69. The molecule has 0 bridgehead atoms. The Hall–Kier alpha value is -2.71. The van der Waals surface area contributed by atoms with E-state index in [0.29, 0.717) is 40.6 Å². The first kappa shape index (κ1) is 18.6. The second kappa shape index (κ2) is 8.53. The van der Waals surface area contributed by atoms with Gasteiger partial charge in [-0.05, 0) is 30.3 Å². The van der Waals surface area contributed by atoms with Crippen molar-refractivity contribution in [1.29, 1.82) is 0 Å². The number of hydrogen-bond donors (Lipinski definition) is 1. The number of thioether (sulfide) groups is 1. The minimum absolute atomic E-state index is 0.153. The lowest BCUT2D eigenvalue weighted by atomic mass is 10.2. The van der Waals surface area contributed by atoms with Gasteiger partial charge in [-0.2, -0.15) is 0 Å². The molecule has 0 fully saturated rings. The van der Waals surface area contributed by atoms with Gasteiger partial charge in [0.15, 0.2) is 16.7 Å². The molecule has 144 valence electrons. The van der Waals surface area contributed by atoms with Crippen LogP contribution in [0.25, 0.3) is 5.69 Å². The Morgan fingerprint density at radius 3 is 2.89 bits per heavy atom. The van der Waals surface area contributed by atoms with Crippen molar-refractivity contribution in [2.24, 2.45) is 0 Å². The van der Waals surface area contributed by atoms with Crippen LogP contribution in [0, 0.1) is 0 Å². The van der Waals surface area contributed by atoms with Crippen molar-refractivity contribution in [2.45, 2.75) is 11.6 Å². The van der Waals surface area contributed by atoms with Crippen LogP contribution in [0.1, 0.15) is 6.42 Å². The molecular weight excluding hydrogens is 400 g/mol. The zero-order chi connectivity index (χ0) is 19.3. The highest BCUT2D eigenvalue weighted by molar-refractivity contribution is 7.99. The van der Waals surface area contributed by atoms with E-state index in [1.807, 2.05) is 18.2 Å². The molecule has 4 rings (SSSR count). The predicted octanol–water partition coefficient (Wildman–Crippen LogP) is 3.81. The Balaban J connectivity index is 1.39. The van der Waals surface area contributed by atoms with Gasteiger partial charge in [0, 0.05) is 23.2 Å². The number of halogens is 1. The highest BCUT2D eigenvalue weighted by atomic mass is 35.5. The van der Waals surface area contributed by atoms with Crippen molar-refractivity contribution >= 4 is 35.0 Å². The molecule has 28 heavy (non-hydrogen) atoms. The second-order valence-electron chi connectivity index (χ2n) is 6.01. The van der Waals surface area contributed by atoms with Crippen LogP contribution >= 0.6 is 23.4 Å². The minimum Gasteiger partial charge on any atom is -0.490 e. The molecule has 2 heterocycles. The minimum atomic E-state index is -0.153. The van der Waals surface area contributed by atoms with Gasteiger partial charge in [0.2, 0.25) is 5.91 Å². The Morgan fingerprint density at radius 1 is 1.18 bits per heavy atom. The van der Waals surface area contributed by atoms with Gasteiger partial charge in [-0.15, -0.1) is 10.2 Å². The van der Waals surface area contributed by atoms with Gasteiger partial charge in [-0.1, -0.05) is 29.4 Å². The lowest BCUT2D eigenvalue weighted by molar-refractivity contribution is -0.113. The third-order valence-electron chi connectivity index (χ3n) is 3.97. The molecular formula is C19H17ClN4O3S. The molecule has 1 N–H and O–H groups in total. The average molecular weight is 417 g/mol. The second-order valence-corrected chi connectivity index (χ2v) is 7.39. The summed E-state index contributed by atoms with van der Waals surface area (Å²) in [6.45, 7) is 1.22. The van der Waals surface area contributed by atoms with E-state index in [0.717, 1.165) is 12.1 Å². The summed E-state index contributed by atoms with van der Waals surface area (Å²) in [7, 11) is 0. The Morgan fingerprint density at radius 2 is 2.04 bits per heavy atom. The van der Waals surface area contributed by atoms with E-state index in [-0.39, 0.29) is 11.7 Å². The molecule has 9 heteroatoms. The molecule has 7 nitrogen and oxygen atoms in total. The summed E-state index contributed by atoms with van der Waals surface area (Å²) in [5.74, 6) is 1.37. The summed E-state index contributed by atoms with van der Waals surface area (Å²) in [6.07, 6.45) is 2.43. The van der Waals surface area contributed by atoms with E-state index < -0.39 is 0 Å². The normalized spacial score (nSPS) is 13.0. The smallest absolute Gasteiger partial charge is 0.234 e. The number of carbonyl (C=O) groups excluding carboxylic acids is 1. The molecule has 0 aliphatic carbocycles. The fourth-order valence-corrected chi connectivity index (χ4v) is 3.61. The predicted molar refractivity (Wildman–Crippen MR) is 108 cm³/mol. The molecule has 1 amide bonds. The van der Waals surface area contributed by atoms with E-state index in [9.17, 15) is 4.79 Å². The Kier molecular flexibility index (Phi) is 5.68. The zero-order valence-electron chi connectivity index (χ0n) is 14.8. The van der Waals surface area contributed by atoms with E-state index >= 15 is 0 Å². The quantitative estimate of drug-likeness (QED) is 0.637. The van der Waals surface area contributed by atoms with Gasteiger partial charge in [-0.3, -0.25) is 9.36 Å². The topological polar surface area (TPSA) is 78.3 Å².